The first-order valence-corrected chi connectivity index (χ1v) is 7.32. The number of unbranched alkanes of at least 4 members (excludes halogenated alkanes) is 4. The van der Waals surface area contributed by atoms with Gasteiger partial charge in [0.15, 0.2) is 12.7 Å². The summed E-state index contributed by atoms with van der Waals surface area (Å²) in [7, 11) is 0. The van der Waals surface area contributed by atoms with Crippen LogP contribution in [-0.2, 0) is 19.1 Å². The van der Waals surface area contributed by atoms with Crippen LogP contribution in [0.25, 0.3) is 0 Å². The maximum atomic E-state index is 11.1. The molecule has 0 heterocycles. The molecule has 0 saturated carbocycles. The predicted molar refractivity (Wildman–Crippen MR) is 76.3 cm³/mol. The molecule has 0 radical (unpaired) electrons. The summed E-state index contributed by atoms with van der Waals surface area (Å²) >= 11 is 0. The largest absolute Gasteiger partial charge is 0.458 e. The maximum Gasteiger partial charge on any atom is 0.303 e. The average molecular weight is 303 g/mol. The van der Waals surface area contributed by atoms with E-state index in [1.54, 1.807) is 0 Å². The molecule has 0 aromatic rings. The molecular formula is C14H25NO6. The smallest absolute Gasteiger partial charge is 0.303 e. The summed E-state index contributed by atoms with van der Waals surface area (Å²) in [6.45, 7) is 4.12. The van der Waals surface area contributed by atoms with E-state index in [2.05, 4.69) is 6.92 Å². The third-order valence-electron chi connectivity index (χ3n) is 3.07. The van der Waals surface area contributed by atoms with Gasteiger partial charge in [-0.2, -0.15) is 0 Å². The van der Waals surface area contributed by atoms with Gasteiger partial charge in [-0.3, -0.25) is 19.7 Å². The molecule has 2 unspecified atom stereocenters. The van der Waals surface area contributed by atoms with E-state index in [1.165, 1.54) is 13.8 Å². The predicted octanol–water partition coefficient (Wildman–Crippen LogP) is 2.49. The highest BCUT2D eigenvalue weighted by Crippen LogP contribution is 2.15. The van der Waals surface area contributed by atoms with Crippen LogP contribution in [0.5, 0.6) is 0 Å². The Hall–Kier alpha value is -1.66. The molecule has 0 aromatic heterocycles. The van der Waals surface area contributed by atoms with E-state index in [0.717, 1.165) is 32.1 Å². The molecule has 122 valence electrons. The van der Waals surface area contributed by atoms with Gasteiger partial charge in [0, 0.05) is 18.8 Å². The molecule has 7 nitrogen and oxygen atoms in total. The van der Waals surface area contributed by atoms with Crippen molar-refractivity contribution in [2.45, 2.75) is 71.4 Å². The van der Waals surface area contributed by atoms with Gasteiger partial charge in [-0.25, -0.2) is 0 Å². The normalized spacial score (nSPS) is 13.3. The Bertz CT molecular complexity index is 344. The zero-order chi connectivity index (χ0) is 16.3. The highest BCUT2D eigenvalue weighted by molar-refractivity contribution is 5.66. The highest BCUT2D eigenvalue weighted by atomic mass is 16.6. The first-order valence-electron chi connectivity index (χ1n) is 7.32. The van der Waals surface area contributed by atoms with Crippen LogP contribution in [0.3, 0.4) is 0 Å². The number of nitrogens with zero attached hydrogens (tertiary/aromatic N) is 1. The van der Waals surface area contributed by atoms with Gasteiger partial charge in [-0.15, -0.1) is 0 Å². The quantitative estimate of drug-likeness (QED) is 0.252. The van der Waals surface area contributed by atoms with Gasteiger partial charge in [0.25, 0.3) is 6.04 Å². The van der Waals surface area contributed by atoms with Crippen molar-refractivity contribution in [3.63, 3.8) is 0 Å². The van der Waals surface area contributed by atoms with Crippen LogP contribution < -0.4 is 0 Å². The number of esters is 2. The number of ether oxygens (including phenoxy) is 2. The molecule has 0 saturated heterocycles. The molecule has 0 rings (SSSR count). The first kappa shape index (κ1) is 19.3. The maximum absolute atomic E-state index is 11.1. The Kier molecular flexibility index (Phi) is 10.2. The summed E-state index contributed by atoms with van der Waals surface area (Å²) in [5.74, 6) is -1.16. The molecule has 0 bridgehead atoms. The third kappa shape index (κ3) is 9.81. The number of hydrogen-bond donors (Lipinski definition) is 0. The summed E-state index contributed by atoms with van der Waals surface area (Å²) < 4.78 is 9.74. The summed E-state index contributed by atoms with van der Waals surface area (Å²) in [5, 5.41) is 11.1. The fourth-order valence-electron chi connectivity index (χ4n) is 2.00. The Morgan fingerprint density at radius 3 is 2.19 bits per heavy atom. The van der Waals surface area contributed by atoms with E-state index < -0.39 is 29.0 Å². The molecule has 0 amide bonds. The minimum Gasteiger partial charge on any atom is -0.458 e. The Morgan fingerprint density at radius 2 is 1.71 bits per heavy atom. The Morgan fingerprint density at radius 1 is 1.10 bits per heavy atom. The molecule has 2 atom stereocenters. The van der Waals surface area contributed by atoms with E-state index in [1.807, 2.05) is 0 Å². The monoisotopic (exact) mass is 303 g/mol. The van der Waals surface area contributed by atoms with Gasteiger partial charge in [0.2, 0.25) is 0 Å². The molecule has 0 aliphatic heterocycles. The van der Waals surface area contributed by atoms with Gasteiger partial charge in [0.1, 0.15) is 0 Å². The number of carbonyl (C=O) groups excluding carboxylic acids is 2. The van der Waals surface area contributed by atoms with Crippen LogP contribution in [0, 0.1) is 10.1 Å². The summed E-state index contributed by atoms with van der Waals surface area (Å²) in [5.41, 5.74) is 0. The summed E-state index contributed by atoms with van der Waals surface area (Å²) in [4.78, 5) is 32.4. The van der Waals surface area contributed by atoms with Gasteiger partial charge in [-0.05, 0) is 12.8 Å². The molecular weight excluding hydrogens is 278 g/mol. The number of carbonyl (C=O) groups is 2. The topological polar surface area (TPSA) is 95.7 Å². The lowest BCUT2D eigenvalue weighted by molar-refractivity contribution is -0.537. The molecule has 0 aliphatic carbocycles. The van der Waals surface area contributed by atoms with E-state index in [0.29, 0.717) is 6.42 Å². The Balaban J connectivity index is 4.53. The molecule has 0 aliphatic rings. The van der Waals surface area contributed by atoms with Crippen molar-refractivity contribution in [2.75, 3.05) is 6.61 Å². The summed E-state index contributed by atoms with van der Waals surface area (Å²) in [6.07, 6.45) is 4.48. The van der Waals surface area contributed by atoms with Crippen LogP contribution in [0.15, 0.2) is 0 Å². The lowest BCUT2D eigenvalue weighted by Crippen LogP contribution is -2.41. The fourth-order valence-corrected chi connectivity index (χ4v) is 2.00. The Labute approximate surface area is 125 Å². The minimum absolute atomic E-state index is 0.380. The molecule has 0 N–H and O–H groups in total. The number of nitro groups is 1. The van der Waals surface area contributed by atoms with Crippen LogP contribution in [-0.4, -0.2) is 35.6 Å². The molecule has 0 aromatic carbocycles. The van der Waals surface area contributed by atoms with E-state index in [9.17, 15) is 19.7 Å². The highest BCUT2D eigenvalue weighted by Gasteiger charge is 2.34. The van der Waals surface area contributed by atoms with Gasteiger partial charge in [-0.1, -0.05) is 32.6 Å². The van der Waals surface area contributed by atoms with Crippen molar-refractivity contribution in [1.82, 2.24) is 0 Å². The summed E-state index contributed by atoms with van der Waals surface area (Å²) in [6, 6.07) is -1.22. The van der Waals surface area contributed by atoms with Crippen molar-refractivity contribution in [1.29, 1.82) is 0 Å². The number of hydrogen-bond acceptors (Lipinski definition) is 6. The minimum atomic E-state index is -1.22. The van der Waals surface area contributed by atoms with Gasteiger partial charge < -0.3 is 9.47 Å². The average Bonchev–Trinajstić information content (AvgIpc) is 2.36. The van der Waals surface area contributed by atoms with Gasteiger partial charge in [0.05, 0.1) is 0 Å². The van der Waals surface area contributed by atoms with Crippen LogP contribution in [0.2, 0.25) is 0 Å². The lowest BCUT2D eigenvalue weighted by atomic mass is 10.0. The van der Waals surface area contributed by atoms with Crippen LogP contribution in [0.4, 0.5) is 0 Å². The van der Waals surface area contributed by atoms with Crippen molar-refractivity contribution >= 4 is 11.9 Å². The van der Waals surface area contributed by atoms with Crippen molar-refractivity contribution < 1.29 is 24.0 Å². The van der Waals surface area contributed by atoms with Crippen LogP contribution in [0.1, 0.15) is 59.3 Å². The fraction of sp³-hybridized carbons (Fsp3) is 0.857. The second-order valence-corrected chi connectivity index (χ2v) is 5.01. The SMILES string of the molecule is CCCCCCCC(OC(C)=O)C(COC(C)=O)[N+](=O)[O-]. The molecule has 0 spiro atoms. The molecule has 7 heteroatoms. The van der Waals surface area contributed by atoms with Gasteiger partial charge >= 0.3 is 11.9 Å². The van der Waals surface area contributed by atoms with Crippen molar-refractivity contribution in [2.24, 2.45) is 0 Å². The van der Waals surface area contributed by atoms with Crippen molar-refractivity contribution in [3.05, 3.63) is 10.1 Å². The standard InChI is InChI=1S/C14H25NO6/c1-4-5-6-7-8-9-14(21-12(3)17)13(15(18)19)10-20-11(2)16/h13-14H,4-10H2,1-3H3. The van der Waals surface area contributed by atoms with E-state index >= 15 is 0 Å². The second-order valence-electron chi connectivity index (χ2n) is 5.01. The lowest BCUT2D eigenvalue weighted by Gasteiger charge is -2.20. The third-order valence-corrected chi connectivity index (χ3v) is 3.07. The van der Waals surface area contributed by atoms with E-state index in [-0.39, 0.29) is 6.61 Å². The zero-order valence-electron chi connectivity index (χ0n) is 13.0. The van der Waals surface area contributed by atoms with Crippen LogP contribution >= 0.6 is 0 Å². The first-order chi connectivity index (χ1) is 9.88. The second kappa shape index (κ2) is 11.0. The molecule has 21 heavy (non-hydrogen) atoms. The molecule has 0 fully saturated rings. The number of rotatable bonds is 11. The zero-order valence-corrected chi connectivity index (χ0v) is 13.0. The van der Waals surface area contributed by atoms with E-state index in [4.69, 9.17) is 9.47 Å². The van der Waals surface area contributed by atoms with Crippen molar-refractivity contribution in [3.8, 4) is 0 Å².